The van der Waals surface area contributed by atoms with E-state index in [1.54, 1.807) is 0 Å². The third-order valence-corrected chi connectivity index (χ3v) is 3.16. The summed E-state index contributed by atoms with van der Waals surface area (Å²) in [5, 5.41) is 4.74. The molecule has 0 saturated heterocycles. The molecule has 0 bridgehead atoms. The first-order valence-corrected chi connectivity index (χ1v) is 5.74. The minimum atomic E-state index is 0. The van der Waals surface area contributed by atoms with Gasteiger partial charge in [-0.15, -0.1) is 6.54 Å². The van der Waals surface area contributed by atoms with Gasteiger partial charge < -0.3 is 5.32 Å². The first kappa shape index (κ1) is 13.5. The van der Waals surface area contributed by atoms with Crippen molar-refractivity contribution in [2.24, 2.45) is 0 Å². The maximum Gasteiger partial charge on any atom is 1.00 e. The van der Waals surface area contributed by atoms with Crippen LogP contribution >= 0.6 is 0 Å². The zero-order chi connectivity index (χ0) is 10.8. The molecule has 1 atom stereocenters. The zero-order valence-corrected chi connectivity index (χ0v) is 13.3. The van der Waals surface area contributed by atoms with E-state index >= 15 is 0 Å². The van der Waals surface area contributed by atoms with E-state index in [0.717, 1.165) is 13.0 Å². The van der Waals surface area contributed by atoms with Gasteiger partial charge in [-0.1, -0.05) is 71.8 Å². The Balaban J connectivity index is 0.00000108. The van der Waals surface area contributed by atoms with Crippen molar-refractivity contribution in [2.75, 3.05) is 6.54 Å². The zero-order valence-electron chi connectivity index (χ0n) is 10.1. The molecule has 80 valence electrons. The third-order valence-electron chi connectivity index (χ3n) is 3.16. The Morgan fingerprint density at radius 1 is 0.882 bits per heavy atom. The van der Waals surface area contributed by atoms with Gasteiger partial charge in [0.15, 0.2) is 0 Å². The van der Waals surface area contributed by atoms with Crippen molar-refractivity contribution in [3.05, 3.63) is 76.6 Å². The van der Waals surface area contributed by atoms with Gasteiger partial charge in [-0.2, -0.15) is 0 Å². The van der Waals surface area contributed by atoms with Crippen molar-refractivity contribution in [1.29, 1.82) is 0 Å². The van der Waals surface area contributed by atoms with Gasteiger partial charge in [0.05, 0.1) is 0 Å². The molecule has 1 heterocycles. The standard InChI is InChI=1S/C15H14N.K/c1-2-7-13(8-3-1)15-14-9-5-4-6-12(14)10-11-16-15;/h1-9,15H,10-11H2;/q-1;+1. The van der Waals surface area contributed by atoms with Crippen LogP contribution in [0.5, 0.6) is 0 Å². The van der Waals surface area contributed by atoms with Crippen LogP contribution in [0.15, 0.2) is 54.6 Å². The van der Waals surface area contributed by atoms with Crippen LogP contribution in [0.3, 0.4) is 0 Å². The molecule has 0 amide bonds. The monoisotopic (exact) mass is 247 g/mol. The molecule has 1 aliphatic rings. The van der Waals surface area contributed by atoms with Crippen molar-refractivity contribution < 1.29 is 51.4 Å². The second kappa shape index (κ2) is 6.28. The molecule has 0 N–H and O–H groups in total. The average molecular weight is 247 g/mol. The van der Waals surface area contributed by atoms with Crippen LogP contribution in [0, 0.1) is 0 Å². The Bertz CT molecular complexity index is 481. The van der Waals surface area contributed by atoms with E-state index in [-0.39, 0.29) is 57.4 Å². The van der Waals surface area contributed by atoms with Crippen molar-refractivity contribution in [2.45, 2.75) is 12.5 Å². The van der Waals surface area contributed by atoms with E-state index in [0.29, 0.717) is 0 Å². The molecular formula is C15H14KN. The fourth-order valence-electron chi connectivity index (χ4n) is 2.36. The van der Waals surface area contributed by atoms with E-state index < -0.39 is 0 Å². The molecule has 0 aromatic heterocycles. The Kier molecular flexibility index (Phi) is 4.97. The van der Waals surface area contributed by atoms with E-state index in [2.05, 4.69) is 54.6 Å². The molecule has 2 aromatic carbocycles. The van der Waals surface area contributed by atoms with Crippen LogP contribution in [0.25, 0.3) is 5.32 Å². The average Bonchev–Trinajstić information content (AvgIpc) is 2.39. The van der Waals surface area contributed by atoms with Gasteiger partial charge in [-0.05, 0) is 12.0 Å². The van der Waals surface area contributed by atoms with Gasteiger partial charge in [0.25, 0.3) is 0 Å². The summed E-state index contributed by atoms with van der Waals surface area (Å²) in [5.41, 5.74) is 4.13. The second-order valence-corrected chi connectivity index (χ2v) is 4.17. The molecule has 0 aliphatic carbocycles. The molecule has 0 fully saturated rings. The molecule has 2 heteroatoms. The van der Waals surface area contributed by atoms with Crippen LogP contribution in [-0.4, -0.2) is 6.54 Å². The number of rotatable bonds is 1. The molecule has 17 heavy (non-hydrogen) atoms. The molecule has 0 saturated carbocycles. The minimum absolute atomic E-state index is 0. The van der Waals surface area contributed by atoms with Crippen LogP contribution in [0.1, 0.15) is 22.7 Å². The van der Waals surface area contributed by atoms with Crippen LogP contribution in [0.2, 0.25) is 0 Å². The Labute approximate surface area is 145 Å². The first-order valence-electron chi connectivity index (χ1n) is 5.74. The van der Waals surface area contributed by atoms with E-state index in [9.17, 15) is 0 Å². The normalized spacial score (nSPS) is 18.0. The van der Waals surface area contributed by atoms with Crippen molar-refractivity contribution >= 4 is 0 Å². The molecule has 2 aromatic rings. The smallest absolute Gasteiger partial charge is 0.652 e. The van der Waals surface area contributed by atoms with E-state index in [1.807, 2.05) is 0 Å². The third kappa shape index (κ3) is 2.89. The summed E-state index contributed by atoms with van der Waals surface area (Å²) in [4.78, 5) is 0. The second-order valence-electron chi connectivity index (χ2n) is 4.17. The maximum absolute atomic E-state index is 4.74. The van der Waals surface area contributed by atoms with E-state index in [1.165, 1.54) is 16.7 Å². The van der Waals surface area contributed by atoms with Gasteiger partial charge in [0.1, 0.15) is 0 Å². The SMILES string of the molecule is [K+].c1ccc(C2[N-]CCc3ccccc32)cc1. The Hall–Kier alpha value is 0.0364. The van der Waals surface area contributed by atoms with Gasteiger partial charge in [0, 0.05) is 0 Å². The van der Waals surface area contributed by atoms with Crippen LogP contribution < -0.4 is 51.4 Å². The van der Waals surface area contributed by atoms with E-state index in [4.69, 9.17) is 5.32 Å². The van der Waals surface area contributed by atoms with Crippen LogP contribution in [-0.2, 0) is 6.42 Å². The summed E-state index contributed by atoms with van der Waals surface area (Å²) < 4.78 is 0. The quantitative estimate of drug-likeness (QED) is 0.659. The summed E-state index contributed by atoms with van der Waals surface area (Å²) in [6.45, 7) is 0.941. The first-order chi connectivity index (χ1) is 7.95. The molecule has 1 nitrogen and oxygen atoms in total. The number of hydrogen-bond donors (Lipinski definition) is 0. The fraction of sp³-hybridized carbons (Fsp3) is 0.200. The largest absolute Gasteiger partial charge is 1.00 e. The van der Waals surface area contributed by atoms with Crippen molar-refractivity contribution in [1.82, 2.24) is 0 Å². The molecular weight excluding hydrogens is 233 g/mol. The predicted octanol–water partition coefficient (Wildman–Crippen LogP) is 0.710. The van der Waals surface area contributed by atoms with Gasteiger partial charge >= 0.3 is 51.4 Å². The fourth-order valence-corrected chi connectivity index (χ4v) is 2.36. The van der Waals surface area contributed by atoms with Crippen molar-refractivity contribution in [3.63, 3.8) is 0 Å². The van der Waals surface area contributed by atoms with Crippen LogP contribution in [0.4, 0.5) is 0 Å². The molecule has 1 unspecified atom stereocenters. The number of benzene rings is 2. The Morgan fingerprint density at radius 3 is 2.41 bits per heavy atom. The molecule has 1 aliphatic heterocycles. The predicted molar refractivity (Wildman–Crippen MR) is 66.7 cm³/mol. The molecule has 0 spiro atoms. The van der Waals surface area contributed by atoms with Crippen molar-refractivity contribution in [3.8, 4) is 0 Å². The summed E-state index contributed by atoms with van der Waals surface area (Å²) in [6.07, 6.45) is 1.08. The van der Waals surface area contributed by atoms with Gasteiger partial charge in [0.2, 0.25) is 0 Å². The number of fused-ring (bicyclic) bond motifs is 1. The summed E-state index contributed by atoms with van der Waals surface area (Å²) in [5.74, 6) is 0. The summed E-state index contributed by atoms with van der Waals surface area (Å²) in [7, 11) is 0. The summed E-state index contributed by atoms with van der Waals surface area (Å²) >= 11 is 0. The summed E-state index contributed by atoms with van der Waals surface area (Å²) in [6, 6.07) is 19.4. The van der Waals surface area contributed by atoms with Gasteiger partial charge in [-0.25, -0.2) is 0 Å². The molecule has 3 rings (SSSR count). The molecule has 0 radical (unpaired) electrons. The topological polar surface area (TPSA) is 14.1 Å². The number of nitrogens with zero attached hydrogens (tertiary/aromatic N) is 1. The Morgan fingerprint density at radius 2 is 1.59 bits per heavy atom. The minimum Gasteiger partial charge on any atom is -0.652 e. The number of hydrogen-bond acceptors (Lipinski definition) is 0. The van der Waals surface area contributed by atoms with Gasteiger partial charge in [-0.3, -0.25) is 0 Å². The maximum atomic E-state index is 4.74.